The zero-order valence-corrected chi connectivity index (χ0v) is 12.2. The van der Waals surface area contributed by atoms with Crippen LogP contribution in [-0.2, 0) is 16.4 Å². The van der Waals surface area contributed by atoms with E-state index < -0.39 is 14.8 Å². The number of nitrogens with one attached hydrogen (secondary N) is 1. The number of nitrogens with two attached hydrogens (primary N) is 1. The van der Waals surface area contributed by atoms with Gasteiger partial charge in [0.2, 0.25) is 0 Å². The molecule has 0 spiro atoms. The van der Waals surface area contributed by atoms with E-state index in [0.29, 0.717) is 13.1 Å². The molecule has 0 aliphatic heterocycles. The third kappa shape index (κ3) is 5.11. The molecular formula is C11H18N4O4S. The number of sulfone groups is 1. The normalized spacial score (nSPS) is 11.6. The summed E-state index contributed by atoms with van der Waals surface area (Å²) < 4.78 is 22.2. The molecule has 0 aliphatic carbocycles. The highest BCUT2D eigenvalue weighted by molar-refractivity contribution is 7.90. The van der Waals surface area contributed by atoms with Gasteiger partial charge in [0.15, 0.2) is 0 Å². The van der Waals surface area contributed by atoms with E-state index in [-0.39, 0.29) is 17.1 Å². The number of hydrogen-bond acceptors (Lipinski definition) is 7. The van der Waals surface area contributed by atoms with Gasteiger partial charge in [-0.05, 0) is 18.7 Å². The predicted octanol–water partition coefficient (Wildman–Crippen LogP) is 0.357. The number of rotatable bonds is 7. The fourth-order valence-corrected chi connectivity index (χ4v) is 2.31. The van der Waals surface area contributed by atoms with Crippen LogP contribution < -0.4 is 11.3 Å². The summed E-state index contributed by atoms with van der Waals surface area (Å²) in [5.74, 6) is 5.32. The molecule has 0 atom stereocenters. The molecule has 8 nitrogen and oxygen atoms in total. The smallest absolute Gasteiger partial charge is 0.293 e. The number of nitrogen functional groups attached to an aromatic ring is 1. The topological polar surface area (TPSA) is 119 Å². The molecule has 0 aliphatic rings. The van der Waals surface area contributed by atoms with Crippen molar-refractivity contribution in [2.75, 3.05) is 31.0 Å². The maximum Gasteiger partial charge on any atom is 0.293 e. The van der Waals surface area contributed by atoms with Crippen molar-refractivity contribution in [3.8, 4) is 0 Å². The van der Waals surface area contributed by atoms with Crippen molar-refractivity contribution in [3.63, 3.8) is 0 Å². The Morgan fingerprint density at radius 2 is 2.10 bits per heavy atom. The van der Waals surface area contributed by atoms with Crippen molar-refractivity contribution in [3.05, 3.63) is 33.9 Å². The lowest BCUT2D eigenvalue weighted by atomic mass is 10.1. The van der Waals surface area contributed by atoms with Crippen LogP contribution in [-0.4, -0.2) is 43.8 Å². The number of nitro benzene ring substituents is 1. The van der Waals surface area contributed by atoms with Crippen LogP contribution in [0, 0.1) is 10.1 Å². The van der Waals surface area contributed by atoms with Crippen LogP contribution in [0.2, 0.25) is 0 Å². The third-order valence-electron chi connectivity index (χ3n) is 2.71. The Labute approximate surface area is 117 Å². The molecule has 20 heavy (non-hydrogen) atoms. The molecule has 1 aromatic carbocycles. The Kier molecular flexibility index (Phi) is 5.43. The quantitative estimate of drug-likeness (QED) is 0.424. The van der Waals surface area contributed by atoms with Crippen LogP contribution in [0.25, 0.3) is 0 Å². The van der Waals surface area contributed by atoms with Gasteiger partial charge in [-0.25, -0.2) is 8.42 Å². The Morgan fingerprint density at radius 3 is 2.60 bits per heavy atom. The molecule has 1 aromatic rings. The Balaban J connectivity index is 2.76. The van der Waals surface area contributed by atoms with Gasteiger partial charge in [0.1, 0.15) is 15.5 Å². The van der Waals surface area contributed by atoms with Gasteiger partial charge < -0.3 is 10.3 Å². The van der Waals surface area contributed by atoms with Crippen molar-refractivity contribution in [2.45, 2.75) is 6.54 Å². The van der Waals surface area contributed by atoms with E-state index >= 15 is 0 Å². The van der Waals surface area contributed by atoms with Crippen LogP contribution in [0.4, 0.5) is 11.4 Å². The SMILES string of the molecule is CN(CCS(C)(=O)=O)Cc1ccc([N+](=O)[O-])c(NN)c1. The van der Waals surface area contributed by atoms with E-state index in [9.17, 15) is 18.5 Å². The van der Waals surface area contributed by atoms with Gasteiger partial charge in [0.05, 0.1) is 10.7 Å². The molecule has 0 unspecified atom stereocenters. The van der Waals surface area contributed by atoms with Gasteiger partial charge in [0.25, 0.3) is 5.69 Å². The van der Waals surface area contributed by atoms with Crippen LogP contribution in [0.15, 0.2) is 18.2 Å². The molecule has 0 saturated heterocycles. The number of nitro groups is 1. The van der Waals surface area contributed by atoms with Gasteiger partial charge in [-0.3, -0.25) is 16.0 Å². The molecule has 0 saturated carbocycles. The first-order chi connectivity index (χ1) is 9.23. The van der Waals surface area contributed by atoms with E-state index in [1.807, 2.05) is 4.90 Å². The van der Waals surface area contributed by atoms with Gasteiger partial charge in [-0.1, -0.05) is 6.07 Å². The number of hydrogen-bond donors (Lipinski definition) is 2. The average molecular weight is 302 g/mol. The third-order valence-corrected chi connectivity index (χ3v) is 3.63. The molecule has 3 N–H and O–H groups in total. The van der Waals surface area contributed by atoms with E-state index in [4.69, 9.17) is 5.84 Å². The summed E-state index contributed by atoms with van der Waals surface area (Å²) in [7, 11) is -1.23. The minimum atomic E-state index is -3.01. The van der Waals surface area contributed by atoms with Crippen molar-refractivity contribution in [1.29, 1.82) is 0 Å². The Hall–Kier alpha value is -1.71. The monoisotopic (exact) mass is 302 g/mol. The maximum atomic E-state index is 11.1. The van der Waals surface area contributed by atoms with E-state index in [0.717, 1.165) is 5.56 Å². The van der Waals surface area contributed by atoms with E-state index in [1.54, 1.807) is 19.2 Å². The van der Waals surface area contributed by atoms with Crippen LogP contribution in [0.1, 0.15) is 5.56 Å². The second-order valence-electron chi connectivity index (χ2n) is 4.62. The molecular weight excluding hydrogens is 284 g/mol. The van der Waals surface area contributed by atoms with Crippen LogP contribution in [0.5, 0.6) is 0 Å². The second kappa shape index (κ2) is 6.64. The first-order valence-corrected chi connectivity index (χ1v) is 7.89. The van der Waals surface area contributed by atoms with Crippen LogP contribution >= 0.6 is 0 Å². The number of hydrazine groups is 1. The van der Waals surface area contributed by atoms with E-state index in [2.05, 4.69) is 5.43 Å². The molecule has 9 heteroatoms. The first-order valence-electron chi connectivity index (χ1n) is 5.83. The zero-order valence-electron chi connectivity index (χ0n) is 11.4. The Bertz CT molecular complexity index is 588. The molecule has 1 rings (SSSR count). The predicted molar refractivity (Wildman–Crippen MR) is 77.0 cm³/mol. The number of benzene rings is 1. The maximum absolute atomic E-state index is 11.1. The summed E-state index contributed by atoms with van der Waals surface area (Å²) in [6.07, 6.45) is 1.18. The van der Waals surface area contributed by atoms with Crippen LogP contribution in [0.3, 0.4) is 0 Å². The molecule has 0 amide bonds. The fourth-order valence-electron chi connectivity index (χ4n) is 1.67. The Morgan fingerprint density at radius 1 is 1.45 bits per heavy atom. The summed E-state index contributed by atoms with van der Waals surface area (Å²) in [6.45, 7) is 0.864. The highest BCUT2D eigenvalue weighted by atomic mass is 32.2. The summed E-state index contributed by atoms with van der Waals surface area (Å²) in [5.41, 5.74) is 3.22. The summed E-state index contributed by atoms with van der Waals surface area (Å²) in [4.78, 5) is 12.1. The summed E-state index contributed by atoms with van der Waals surface area (Å²) >= 11 is 0. The fraction of sp³-hybridized carbons (Fsp3) is 0.455. The lowest BCUT2D eigenvalue weighted by Gasteiger charge is -2.16. The van der Waals surface area contributed by atoms with E-state index in [1.165, 1.54) is 12.3 Å². The highest BCUT2D eigenvalue weighted by Crippen LogP contribution is 2.24. The number of anilines is 1. The van der Waals surface area contributed by atoms with Crippen molar-refractivity contribution < 1.29 is 13.3 Å². The van der Waals surface area contributed by atoms with Gasteiger partial charge in [-0.15, -0.1) is 0 Å². The molecule has 0 bridgehead atoms. The highest BCUT2D eigenvalue weighted by Gasteiger charge is 2.14. The van der Waals surface area contributed by atoms with Gasteiger partial charge in [0, 0.05) is 25.4 Å². The summed E-state index contributed by atoms with van der Waals surface area (Å²) in [5, 5.41) is 10.8. The molecule has 112 valence electrons. The molecule has 0 aromatic heterocycles. The lowest BCUT2D eigenvalue weighted by molar-refractivity contribution is -0.384. The largest absolute Gasteiger partial charge is 0.318 e. The van der Waals surface area contributed by atoms with Crippen molar-refractivity contribution in [2.24, 2.45) is 5.84 Å². The minimum absolute atomic E-state index is 0.0679. The average Bonchev–Trinajstić information content (AvgIpc) is 2.35. The zero-order chi connectivity index (χ0) is 15.3. The standard InChI is InChI=1S/C11H18N4O4S/c1-14(5-6-20(2,18)19)8-9-3-4-11(15(16)17)10(7-9)13-12/h3-4,7,13H,5-6,8,12H2,1-2H3. The summed E-state index contributed by atoms with van der Waals surface area (Å²) in [6, 6.07) is 4.57. The molecule has 0 radical (unpaired) electrons. The lowest BCUT2D eigenvalue weighted by Crippen LogP contribution is -2.25. The molecule has 0 fully saturated rings. The second-order valence-corrected chi connectivity index (χ2v) is 6.88. The van der Waals surface area contributed by atoms with Gasteiger partial charge in [-0.2, -0.15) is 0 Å². The first kappa shape index (κ1) is 16.3. The number of nitrogens with zero attached hydrogens (tertiary/aromatic N) is 2. The van der Waals surface area contributed by atoms with Gasteiger partial charge >= 0.3 is 0 Å². The minimum Gasteiger partial charge on any atom is -0.318 e. The molecule has 0 heterocycles. The van der Waals surface area contributed by atoms with Crippen molar-refractivity contribution in [1.82, 2.24) is 4.90 Å². The van der Waals surface area contributed by atoms with Crippen molar-refractivity contribution >= 4 is 21.2 Å².